The zero-order valence-corrected chi connectivity index (χ0v) is 12.9. The van der Waals surface area contributed by atoms with Gasteiger partial charge in [-0.2, -0.15) is 5.26 Å². The van der Waals surface area contributed by atoms with Crippen LogP contribution in [0.4, 0.5) is 4.39 Å². The molecular formula is C16H13BrFNO2. The highest BCUT2D eigenvalue weighted by molar-refractivity contribution is 9.10. The van der Waals surface area contributed by atoms with Crippen LogP contribution in [0.15, 0.2) is 40.9 Å². The molecule has 1 N–H and O–H groups in total. The van der Waals surface area contributed by atoms with E-state index < -0.39 is 11.9 Å². The van der Waals surface area contributed by atoms with Crippen molar-refractivity contribution in [2.45, 2.75) is 19.6 Å². The molecule has 0 amide bonds. The monoisotopic (exact) mass is 349 g/mol. The molecule has 0 bridgehead atoms. The van der Waals surface area contributed by atoms with Gasteiger partial charge in [0.25, 0.3) is 0 Å². The maximum Gasteiger partial charge on any atom is 0.125 e. The zero-order chi connectivity index (χ0) is 15.4. The Balaban J connectivity index is 2.25. The zero-order valence-electron chi connectivity index (χ0n) is 11.3. The van der Waals surface area contributed by atoms with Gasteiger partial charge >= 0.3 is 0 Å². The summed E-state index contributed by atoms with van der Waals surface area (Å²) in [5.74, 6) is 0.0838. The van der Waals surface area contributed by atoms with E-state index in [2.05, 4.69) is 15.9 Å². The quantitative estimate of drug-likeness (QED) is 0.904. The predicted octanol–water partition coefficient (Wildman–Crippen LogP) is 4.09. The second kappa shape index (κ2) is 6.70. The Morgan fingerprint density at radius 2 is 2.10 bits per heavy atom. The first-order valence-electron chi connectivity index (χ1n) is 6.30. The van der Waals surface area contributed by atoms with Crippen molar-refractivity contribution in [1.82, 2.24) is 0 Å². The Hall–Kier alpha value is -1.90. The molecule has 0 heterocycles. The van der Waals surface area contributed by atoms with Crippen LogP contribution in [0.1, 0.15) is 29.7 Å². The summed E-state index contributed by atoms with van der Waals surface area (Å²) in [7, 11) is 0. The van der Waals surface area contributed by atoms with Crippen molar-refractivity contribution in [3.05, 3.63) is 63.4 Å². The fourth-order valence-electron chi connectivity index (χ4n) is 1.92. The number of aliphatic hydroxyl groups is 1. The van der Waals surface area contributed by atoms with Gasteiger partial charge in [-0.3, -0.25) is 0 Å². The third kappa shape index (κ3) is 3.81. The number of aliphatic hydroxyl groups excluding tert-OH is 1. The van der Waals surface area contributed by atoms with E-state index >= 15 is 0 Å². The van der Waals surface area contributed by atoms with E-state index in [4.69, 9.17) is 10.00 Å². The smallest absolute Gasteiger partial charge is 0.125 e. The molecular weight excluding hydrogens is 337 g/mol. The van der Waals surface area contributed by atoms with Crippen LogP contribution in [0.5, 0.6) is 5.75 Å². The van der Waals surface area contributed by atoms with Crippen molar-refractivity contribution in [1.29, 1.82) is 5.26 Å². The molecule has 1 atom stereocenters. The normalized spacial score (nSPS) is 11.8. The van der Waals surface area contributed by atoms with Crippen molar-refractivity contribution in [2.24, 2.45) is 0 Å². The molecule has 2 aromatic carbocycles. The van der Waals surface area contributed by atoms with Gasteiger partial charge in [-0.1, -0.05) is 15.9 Å². The molecule has 2 rings (SSSR count). The van der Waals surface area contributed by atoms with E-state index in [0.717, 1.165) is 4.47 Å². The van der Waals surface area contributed by atoms with Gasteiger partial charge in [0.05, 0.1) is 17.7 Å². The molecule has 0 aliphatic heterocycles. The Morgan fingerprint density at radius 1 is 1.33 bits per heavy atom. The largest absolute Gasteiger partial charge is 0.488 e. The predicted molar refractivity (Wildman–Crippen MR) is 80.2 cm³/mol. The van der Waals surface area contributed by atoms with Crippen LogP contribution < -0.4 is 4.74 Å². The first-order chi connectivity index (χ1) is 10.0. The van der Waals surface area contributed by atoms with E-state index in [1.807, 2.05) is 6.07 Å². The molecule has 0 aliphatic carbocycles. The Labute approximate surface area is 130 Å². The number of hydrogen-bond acceptors (Lipinski definition) is 3. The van der Waals surface area contributed by atoms with Gasteiger partial charge < -0.3 is 9.84 Å². The fourth-order valence-corrected chi connectivity index (χ4v) is 2.30. The van der Waals surface area contributed by atoms with Gasteiger partial charge in [0.15, 0.2) is 0 Å². The molecule has 0 unspecified atom stereocenters. The number of nitrogens with zero attached hydrogens (tertiary/aromatic N) is 1. The van der Waals surface area contributed by atoms with E-state index in [0.29, 0.717) is 22.4 Å². The van der Waals surface area contributed by atoms with Gasteiger partial charge in [0.2, 0.25) is 0 Å². The van der Waals surface area contributed by atoms with Crippen molar-refractivity contribution in [3.63, 3.8) is 0 Å². The number of halogens is 2. The molecule has 2 aromatic rings. The summed E-state index contributed by atoms with van der Waals surface area (Å²) >= 11 is 3.33. The number of nitriles is 1. The van der Waals surface area contributed by atoms with Crippen LogP contribution in [0.25, 0.3) is 0 Å². The highest BCUT2D eigenvalue weighted by atomic mass is 79.9. The standard InChI is InChI=1S/C16H13BrFNO2/c1-10(20)15-7-13(17)3-5-16(15)21-9-12-6-14(18)4-2-11(12)8-19/h2-7,10,20H,9H2,1H3/t10-/m1/s1. The minimum absolute atomic E-state index is 0.0575. The average molecular weight is 350 g/mol. The summed E-state index contributed by atoms with van der Waals surface area (Å²) in [5, 5.41) is 18.8. The maximum atomic E-state index is 13.3. The maximum absolute atomic E-state index is 13.3. The van der Waals surface area contributed by atoms with Crippen LogP contribution in [0.2, 0.25) is 0 Å². The lowest BCUT2D eigenvalue weighted by molar-refractivity contribution is 0.190. The molecule has 0 spiro atoms. The van der Waals surface area contributed by atoms with E-state index in [1.54, 1.807) is 25.1 Å². The Kier molecular flexibility index (Phi) is 4.94. The van der Waals surface area contributed by atoms with E-state index in [9.17, 15) is 9.50 Å². The summed E-state index contributed by atoms with van der Waals surface area (Å²) in [6, 6.07) is 11.2. The summed E-state index contributed by atoms with van der Waals surface area (Å²) in [6.07, 6.45) is -0.694. The first kappa shape index (κ1) is 15.5. The lowest BCUT2D eigenvalue weighted by Gasteiger charge is -2.14. The van der Waals surface area contributed by atoms with E-state index in [-0.39, 0.29) is 6.61 Å². The average Bonchev–Trinajstić information content (AvgIpc) is 2.46. The third-order valence-corrected chi connectivity index (χ3v) is 3.49. The highest BCUT2D eigenvalue weighted by Gasteiger charge is 2.11. The summed E-state index contributed by atoms with van der Waals surface area (Å²) in [6.45, 7) is 1.69. The lowest BCUT2D eigenvalue weighted by atomic mass is 10.1. The van der Waals surface area contributed by atoms with Gasteiger partial charge in [-0.05, 0) is 43.3 Å². The van der Waals surface area contributed by atoms with Crippen LogP contribution in [-0.4, -0.2) is 5.11 Å². The number of ether oxygens (including phenoxy) is 1. The number of benzene rings is 2. The molecule has 0 saturated carbocycles. The SMILES string of the molecule is C[C@@H](O)c1cc(Br)ccc1OCc1cc(F)ccc1C#N. The van der Waals surface area contributed by atoms with Gasteiger partial charge in [-0.15, -0.1) is 0 Å². The number of rotatable bonds is 4. The fraction of sp³-hybridized carbons (Fsp3) is 0.188. The molecule has 0 saturated heterocycles. The highest BCUT2D eigenvalue weighted by Crippen LogP contribution is 2.29. The molecule has 0 fully saturated rings. The lowest BCUT2D eigenvalue weighted by Crippen LogP contribution is -2.03. The first-order valence-corrected chi connectivity index (χ1v) is 7.09. The van der Waals surface area contributed by atoms with Crippen molar-refractivity contribution >= 4 is 15.9 Å². The molecule has 108 valence electrons. The minimum atomic E-state index is -0.694. The van der Waals surface area contributed by atoms with Crippen LogP contribution in [-0.2, 0) is 6.61 Å². The summed E-state index contributed by atoms with van der Waals surface area (Å²) in [4.78, 5) is 0. The summed E-state index contributed by atoms with van der Waals surface area (Å²) < 4.78 is 19.7. The van der Waals surface area contributed by atoms with Crippen LogP contribution in [0.3, 0.4) is 0 Å². The third-order valence-electron chi connectivity index (χ3n) is 2.99. The molecule has 0 aromatic heterocycles. The van der Waals surface area contributed by atoms with Crippen molar-refractivity contribution in [2.75, 3.05) is 0 Å². The van der Waals surface area contributed by atoms with Gasteiger partial charge in [0.1, 0.15) is 18.2 Å². The second-order valence-electron chi connectivity index (χ2n) is 4.56. The molecule has 0 aliphatic rings. The van der Waals surface area contributed by atoms with Gasteiger partial charge in [0, 0.05) is 15.6 Å². The van der Waals surface area contributed by atoms with Crippen molar-refractivity contribution in [3.8, 4) is 11.8 Å². The molecule has 0 radical (unpaired) electrons. The van der Waals surface area contributed by atoms with Gasteiger partial charge in [-0.25, -0.2) is 4.39 Å². The van der Waals surface area contributed by atoms with E-state index in [1.165, 1.54) is 18.2 Å². The molecule has 3 nitrogen and oxygen atoms in total. The van der Waals surface area contributed by atoms with Crippen LogP contribution in [0, 0.1) is 17.1 Å². The van der Waals surface area contributed by atoms with Crippen LogP contribution >= 0.6 is 15.9 Å². The Morgan fingerprint density at radius 3 is 2.76 bits per heavy atom. The second-order valence-corrected chi connectivity index (χ2v) is 5.48. The molecule has 5 heteroatoms. The summed E-state index contributed by atoms with van der Waals surface area (Å²) in [5.41, 5.74) is 1.46. The number of hydrogen-bond donors (Lipinski definition) is 1. The van der Waals surface area contributed by atoms with Crippen molar-refractivity contribution < 1.29 is 14.2 Å². The minimum Gasteiger partial charge on any atom is -0.488 e. The molecule has 21 heavy (non-hydrogen) atoms. The Bertz CT molecular complexity index is 695. The topological polar surface area (TPSA) is 53.2 Å².